The minimum Gasteiger partial charge on any atom is -0.595 e. The Morgan fingerprint density at radius 2 is 2.14 bits per heavy atom. The summed E-state index contributed by atoms with van der Waals surface area (Å²) in [5.74, 6) is -2.15. The van der Waals surface area contributed by atoms with Gasteiger partial charge in [-0.25, -0.2) is 14.4 Å². The lowest BCUT2D eigenvalue weighted by Gasteiger charge is -2.50. The number of imide groups is 2. The third-order valence-corrected chi connectivity index (χ3v) is 5.03. The highest BCUT2D eigenvalue weighted by atomic mass is 19.1. The average Bonchev–Trinajstić information content (AvgIpc) is 2.60. The topological polar surface area (TPSA) is 135 Å². The zero-order valence-corrected chi connectivity index (χ0v) is 15.3. The van der Waals surface area contributed by atoms with Crippen molar-refractivity contribution < 1.29 is 33.9 Å². The first-order valence-electron chi connectivity index (χ1n) is 8.75. The standard InChI is InChI=1S/C17H21FN4O6/c1-8-6-21-14(9(2)28-8)12(16(24)20-17(25)19-7-23)4-10-3-11(22(26)27)5-13(18)15(10)21/h3,5,7-9,12,14,22,26H,4,6H2,1-2H3,(H2,19,20,23,24,25)/t8-,9+,12-,14-/m1/s1. The van der Waals surface area contributed by atoms with Crippen LogP contribution in [-0.2, 0) is 20.7 Å². The molecule has 0 aromatic heterocycles. The number of morpholine rings is 1. The molecular weight excluding hydrogens is 375 g/mol. The van der Waals surface area contributed by atoms with Gasteiger partial charge in [0.15, 0.2) is 11.5 Å². The number of benzene rings is 1. The maximum atomic E-state index is 14.8. The molecule has 5 atom stereocenters. The van der Waals surface area contributed by atoms with E-state index in [-0.39, 0.29) is 30.3 Å². The average molecular weight is 396 g/mol. The fourth-order valence-electron chi connectivity index (χ4n) is 4.08. The van der Waals surface area contributed by atoms with Crippen LogP contribution in [0.5, 0.6) is 0 Å². The SMILES string of the molecule is C[C@@H]1CN2c3c(F)cc([NH+]([O-])O)cc3C[C@@H](C(=O)NC(=O)NC=O)[C@H]2[C@H](C)O1. The summed E-state index contributed by atoms with van der Waals surface area (Å²) in [6.07, 6.45) is -0.511. The zero-order valence-electron chi connectivity index (χ0n) is 15.3. The Balaban J connectivity index is 2.02. The predicted octanol–water partition coefficient (Wildman–Crippen LogP) is -0.634. The van der Waals surface area contributed by atoms with Crippen molar-refractivity contribution in [1.82, 2.24) is 10.6 Å². The minimum atomic E-state index is -1.28. The number of ether oxygens (including phenoxy) is 1. The van der Waals surface area contributed by atoms with Gasteiger partial charge in [0.05, 0.1) is 29.9 Å². The number of fused-ring (bicyclic) bond motifs is 3. The molecule has 152 valence electrons. The second kappa shape index (κ2) is 7.80. The number of hydrogen-bond acceptors (Lipinski definition) is 7. The number of quaternary nitrogens is 1. The molecule has 0 bridgehead atoms. The van der Waals surface area contributed by atoms with Crippen LogP contribution in [0.2, 0.25) is 0 Å². The lowest BCUT2D eigenvalue weighted by molar-refractivity contribution is -0.991. The summed E-state index contributed by atoms with van der Waals surface area (Å²) in [4.78, 5) is 36.4. The number of urea groups is 1. The molecule has 1 unspecified atom stereocenters. The summed E-state index contributed by atoms with van der Waals surface area (Å²) in [5, 5.41) is 23.1. The first kappa shape index (κ1) is 20.1. The summed E-state index contributed by atoms with van der Waals surface area (Å²) in [6.45, 7) is 3.88. The maximum Gasteiger partial charge on any atom is 0.327 e. The molecular formula is C17H21FN4O6. The number of rotatable bonds is 3. The largest absolute Gasteiger partial charge is 0.595 e. The third kappa shape index (κ3) is 3.69. The number of nitrogens with one attached hydrogen (secondary N) is 3. The van der Waals surface area contributed by atoms with Crippen molar-refractivity contribution >= 4 is 29.7 Å². The van der Waals surface area contributed by atoms with Gasteiger partial charge < -0.3 is 14.8 Å². The Bertz CT molecular complexity index is 804. The van der Waals surface area contributed by atoms with Crippen LogP contribution in [0.15, 0.2) is 12.1 Å². The number of halogens is 1. The first-order chi connectivity index (χ1) is 13.2. The van der Waals surface area contributed by atoms with Crippen LogP contribution in [0.1, 0.15) is 19.4 Å². The van der Waals surface area contributed by atoms with Crippen molar-refractivity contribution in [2.75, 3.05) is 11.4 Å². The molecule has 10 nitrogen and oxygen atoms in total. The number of hydrogen-bond donors (Lipinski definition) is 4. The van der Waals surface area contributed by atoms with E-state index in [1.54, 1.807) is 11.8 Å². The van der Waals surface area contributed by atoms with E-state index in [1.165, 1.54) is 6.07 Å². The number of anilines is 1. The monoisotopic (exact) mass is 396 g/mol. The van der Waals surface area contributed by atoms with Crippen molar-refractivity contribution in [3.8, 4) is 0 Å². The van der Waals surface area contributed by atoms with Gasteiger partial charge in [0.25, 0.3) is 0 Å². The normalized spacial score (nSPS) is 27.2. The van der Waals surface area contributed by atoms with E-state index < -0.39 is 41.0 Å². The Hall–Kier alpha value is -2.60. The first-order valence-corrected chi connectivity index (χ1v) is 8.75. The van der Waals surface area contributed by atoms with Crippen LogP contribution in [-0.4, -0.2) is 48.4 Å². The molecule has 1 aromatic rings. The molecule has 28 heavy (non-hydrogen) atoms. The molecule has 2 heterocycles. The Morgan fingerprint density at radius 3 is 2.79 bits per heavy atom. The number of carbonyl (C=O) groups excluding carboxylic acids is 3. The predicted molar refractivity (Wildman–Crippen MR) is 93.3 cm³/mol. The summed E-state index contributed by atoms with van der Waals surface area (Å²) in [5.41, 5.74) is 0.395. The van der Waals surface area contributed by atoms with Crippen molar-refractivity contribution in [2.45, 2.75) is 38.5 Å². The zero-order chi connectivity index (χ0) is 20.6. The molecule has 4 N–H and O–H groups in total. The summed E-state index contributed by atoms with van der Waals surface area (Å²) in [7, 11) is 0. The van der Waals surface area contributed by atoms with Crippen molar-refractivity contribution in [2.24, 2.45) is 5.92 Å². The van der Waals surface area contributed by atoms with Gasteiger partial charge in [0, 0.05) is 18.7 Å². The second-order valence-electron chi connectivity index (χ2n) is 6.96. The lowest BCUT2D eigenvalue weighted by Crippen LogP contribution is -2.99. The van der Waals surface area contributed by atoms with Gasteiger partial charge in [-0.3, -0.25) is 20.2 Å². The molecule has 4 amide bonds. The molecule has 11 heteroatoms. The highest BCUT2D eigenvalue weighted by Crippen LogP contribution is 2.41. The van der Waals surface area contributed by atoms with E-state index in [0.29, 0.717) is 12.1 Å². The van der Waals surface area contributed by atoms with Crippen LogP contribution >= 0.6 is 0 Å². The Labute approximate surface area is 159 Å². The van der Waals surface area contributed by atoms with Gasteiger partial charge in [-0.1, -0.05) is 0 Å². The Morgan fingerprint density at radius 1 is 1.43 bits per heavy atom. The van der Waals surface area contributed by atoms with Crippen molar-refractivity contribution in [3.05, 3.63) is 28.7 Å². The molecule has 2 aliphatic rings. The van der Waals surface area contributed by atoms with Crippen molar-refractivity contribution in [1.29, 1.82) is 0 Å². The smallest absolute Gasteiger partial charge is 0.327 e. The van der Waals surface area contributed by atoms with Gasteiger partial charge in [-0.2, -0.15) is 5.23 Å². The van der Waals surface area contributed by atoms with E-state index in [1.807, 2.05) is 12.2 Å². The molecule has 0 spiro atoms. The van der Waals surface area contributed by atoms with E-state index in [9.17, 15) is 29.2 Å². The van der Waals surface area contributed by atoms with Crippen LogP contribution in [0, 0.1) is 16.9 Å². The van der Waals surface area contributed by atoms with Crippen LogP contribution in [0.25, 0.3) is 0 Å². The molecule has 1 saturated heterocycles. The maximum absolute atomic E-state index is 14.8. The molecule has 3 rings (SSSR count). The molecule has 0 aliphatic carbocycles. The highest BCUT2D eigenvalue weighted by Gasteiger charge is 2.46. The molecule has 1 aromatic carbocycles. The summed E-state index contributed by atoms with van der Waals surface area (Å²) >= 11 is 0. The number of nitrogens with zero attached hydrogens (tertiary/aromatic N) is 1. The van der Waals surface area contributed by atoms with E-state index in [4.69, 9.17) is 4.74 Å². The molecule has 1 fully saturated rings. The highest BCUT2D eigenvalue weighted by molar-refractivity contribution is 5.99. The lowest BCUT2D eigenvalue weighted by atomic mass is 9.81. The third-order valence-electron chi connectivity index (χ3n) is 5.03. The number of amides is 4. The summed E-state index contributed by atoms with van der Waals surface area (Å²) < 4.78 is 20.6. The van der Waals surface area contributed by atoms with Crippen LogP contribution in [0.4, 0.5) is 20.6 Å². The molecule has 2 aliphatic heterocycles. The van der Waals surface area contributed by atoms with Gasteiger partial charge in [-0.05, 0) is 25.8 Å². The van der Waals surface area contributed by atoms with Gasteiger partial charge in [0.2, 0.25) is 12.3 Å². The van der Waals surface area contributed by atoms with E-state index >= 15 is 0 Å². The minimum absolute atomic E-state index is 0.0246. The van der Waals surface area contributed by atoms with Crippen molar-refractivity contribution in [3.63, 3.8) is 0 Å². The van der Waals surface area contributed by atoms with E-state index in [0.717, 1.165) is 6.07 Å². The molecule has 0 saturated carbocycles. The van der Waals surface area contributed by atoms with Crippen LogP contribution in [0.3, 0.4) is 0 Å². The van der Waals surface area contributed by atoms with Gasteiger partial charge in [0.1, 0.15) is 0 Å². The fraction of sp³-hybridized carbons (Fsp3) is 0.471. The fourth-order valence-corrected chi connectivity index (χ4v) is 4.08. The molecule has 0 radical (unpaired) electrons. The van der Waals surface area contributed by atoms with E-state index in [2.05, 4.69) is 5.32 Å². The van der Waals surface area contributed by atoms with Gasteiger partial charge >= 0.3 is 6.03 Å². The van der Waals surface area contributed by atoms with Crippen LogP contribution < -0.4 is 20.8 Å². The summed E-state index contributed by atoms with van der Waals surface area (Å²) in [6, 6.07) is 0.771. The van der Waals surface area contributed by atoms with Gasteiger partial charge in [-0.15, -0.1) is 0 Å². The number of carbonyl (C=O) groups is 3. The quantitative estimate of drug-likeness (QED) is 0.394. The second-order valence-corrected chi connectivity index (χ2v) is 6.96. The Kier molecular flexibility index (Phi) is 5.61.